The van der Waals surface area contributed by atoms with Crippen molar-refractivity contribution in [3.63, 3.8) is 0 Å². The molecule has 2 aromatic heterocycles. The van der Waals surface area contributed by atoms with E-state index in [4.69, 9.17) is 0 Å². The Morgan fingerprint density at radius 2 is 1.89 bits per heavy atom. The van der Waals surface area contributed by atoms with Gasteiger partial charge in [-0.1, -0.05) is 42.5 Å². The molecule has 0 saturated carbocycles. The molecule has 5 nitrogen and oxygen atoms in total. The lowest BCUT2D eigenvalue weighted by Gasteiger charge is -2.08. The Balaban J connectivity index is 1.70. The van der Waals surface area contributed by atoms with E-state index in [0.29, 0.717) is 15.9 Å². The summed E-state index contributed by atoms with van der Waals surface area (Å²) in [6, 6.07) is 17.4. The Morgan fingerprint density at radius 1 is 1.11 bits per heavy atom. The van der Waals surface area contributed by atoms with Gasteiger partial charge < -0.3 is 5.32 Å². The number of benzene rings is 2. The predicted molar refractivity (Wildman–Crippen MR) is 114 cm³/mol. The van der Waals surface area contributed by atoms with Crippen LogP contribution in [0.25, 0.3) is 21.3 Å². The number of hydrogen-bond acceptors (Lipinski definition) is 4. The zero-order valence-electron chi connectivity index (χ0n) is 15.6. The number of thiophene rings is 1. The Labute approximate surface area is 166 Å². The molecule has 4 rings (SSSR count). The van der Waals surface area contributed by atoms with Crippen LogP contribution in [-0.4, -0.2) is 15.5 Å². The molecule has 1 N–H and O–H groups in total. The molecule has 140 valence electrons. The maximum absolute atomic E-state index is 13.1. The second-order valence-electron chi connectivity index (χ2n) is 6.67. The Morgan fingerprint density at radius 3 is 2.64 bits per heavy atom. The van der Waals surface area contributed by atoms with E-state index in [1.54, 1.807) is 0 Å². The summed E-state index contributed by atoms with van der Waals surface area (Å²) in [5.74, 6) is -0.262. The van der Waals surface area contributed by atoms with E-state index >= 15 is 0 Å². The second kappa shape index (κ2) is 7.40. The van der Waals surface area contributed by atoms with Crippen LogP contribution < -0.4 is 10.9 Å². The molecule has 0 bridgehead atoms. The lowest BCUT2D eigenvalue weighted by molar-refractivity contribution is -0.116. The number of fused-ring (bicyclic) bond motifs is 1. The van der Waals surface area contributed by atoms with Gasteiger partial charge in [0, 0.05) is 16.1 Å². The maximum atomic E-state index is 13.1. The molecule has 6 heteroatoms. The summed E-state index contributed by atoms with van der Waals surface area (Å²) in [5.41, 5.74) is 3.44. The lowest BCUT2D eigenvalue weighted by atomic mass is 10.0. The molecule has 0 saturated heterocycles. The summed E-state index contributed by atoms with van der Waals surface area (Å²) in [5, 5.41) is 3.40. The minimum absolute atomic E-state index is 0.0845. The number of nitrogens with one attached hydrogen (secondary N) is 1. The van der Waals surface area contributed by atoms with Crippen molar-refractivity contribution < 1.29 is 4.79 Å². The van der Waals surface area contributed by atoms with E-state index in [1.807, 2.05) is 68.4 Å². The number of rotatable bonds is 4. The van der Waals surface area contributed by atoms with Gasteiger partial charge in [-0.05, 0) is 37.1 Å². The number of aromatic nitrogens is 2. The summed E-state index contributed by atoms with van der Waals surface area (Å²) in [4.78, 5) is 31.7. The minimum Gasteiger partial charge on any atom is -0.325 e. The van der Waals surface area contributed by atoms with Crippen molar-refractivity contribution in [2.75, 3.05) is 5.32 Å². The van der Waals surface area contributed by atoms with Crippen molar-refractivity contribution in [3.05, 3.63) is 81.7 Å². The summed E-state index contributed by atoms with van der Waals surface area (Å²) < 4.78 is 1.37. The first kappa shape index (κ1) is 18.1. The van der Waals surface area contributed by atoms with Crippen molar-refractivity contribution in [2.45, 2.75) is 20.4 Å². The number of anilines is 1. The highest BCUT2D eigenvalue weighted by molar-refractivity contribution is 7.19. The van der Waals surface area contributed by atoms with Gasteiger partial charge in [0.15, 0.2) is 0 Å². The standard InChI is InChI=1S/C22H19N3O2S/c1-14-7-6-10-17(11-14)24-18(26)12-25-13-23-21-20(22(25)27)19(15(2)28-21)16-8-4-3-5-9-16/h3-11,13H,12H2,1-2H3,(H,24,26). The number of carbonyl (C=O) groups excluding carboxylic acids is 1. The molecular weight excluding hydrogens is 370 g/mol. The van der Waals surface area contributed by atoms with Gasteiger partial charge >= 0.3 is 0 Å². The fourth-order valence-corrected chi connectivity index (χ4v) is 4.28. The van der Waals surface area contributed by atoms with Crippen molar-refractivity contribution >= 4 is 33.1 Å². The van der Waals surface area contributed by atoms with Crippen LogP contribution in [0.1, 0.15) is 10.4 Å². The van der Waals surface area contributed by atoms with Crippen LogP contribution in [0.15, 0.2) is 65.7 Å². The highest BCUT2D eigenvalue weighted by atomic mass is 32.1. The molecular formula is C22H19N3O2S. The first-order valence-corrected chi connectivity index (χ1v) is 9.75. The number of nitrogens with zero attached hydrogens (tertiary/aromatic N) is 2. The van der Waals surface area contributed by atoms with Gasteiger partial charge in [-0.25, -0.2) is 4.98 Å². The minimum atomic E-state index is -0.262. The third kappa shape index (κ3) is 3.46. The smallest absolute Gasteiger partial charge is 0.263 e. The van der Waals surface area contributed by atoms with Crippen molar-refractivity contribution in [2.24, 2.45) is 0 Å². The average molecular weight is 389 g/mol. The number of amides is 1. The third-order valence-electron chi connectivity index (χ3n) is 4.53. The molecule has 2 aromatic carbocycles. The van der Waals surface area contributed by atoms with Crippen molar-refractivity contribution in [3.8, 4) is 11.1 Å². The molecule has 0 radical (unpaired) electrons. The van der Waals surface area contributed by atoms with Crippen LogP contribution in [0.2, 0.25) is 0 Å². The number of aryl methyl sites for hydroxylation is 2. The lowest BCUT2D eigenvalue weighted by Crippen LogP contribution is -2.27. The quantitative estimate of drug-likeness (QED) is 0.563. The van der Waals surface area contributed by atoms with E-state index < -0.39 is 0 Å². The normalized spacial score (nSPS) is 10.9. The van der Waals surface area contributed by atoms with E-state index in [-0.39, 0.29) is 18.0 Å². The monoisotopic (exact) mass is 389 g/mol. The molecule has 0 fully saturated rings. The van der Waals surface area contributed by atoms with Crippen LogP contribution in [0, 0.1) is 13.8 Å². The van der Waals surface area contributed by atoms with Crippen LogP contribution in [0.4, 0.5) is 5.69 Å². The van der Waals surface area contributed by atoms with E-state index in [9.17, 15) is 9.59 Å². The molecule has 0 aliphatic rings. The van der Waals surface area contributed by atoms with Crippen LogP contribution in [-0.2, 0) is 11.3 Å². The first-order chi connectivity index (χ1) is 13.5. The molecule has 0 unspecified atom stereocenters. The molecule has 2 heterocycles. The molecule has 28 heavy (non-hydrogen) atoms. The van der Waals surface area contributed by atoms with Gasteiger partial charge in [0.25, 0.3) is 5.56 Å². The van der Waals surface area contributed by atoms with Gasteiger partial charge in [-0.15, -0.1) is 11.3 Å². The molecule has 4 aromatic rings. The van der Waals surface area contributed by atoms with Crippen LogP contribution in [0.5, 0.6) is 0 Å². The number of carbonyl (C=O) groups is 1. The largest absolute Gasteiger partial charge is 0.325 e. The van der Waals surface area contributed by atoms with Crippen molar-refractivity contribution in [1.29, 1.82) is 0 Å². The summed E-state index contributed by atoms with van der Waals surface area (Å²) in [7, 11) is 0. The number of hydrogen-bond donors (Lipinski definition) is 1. The van der Waals surface area contributed by atoms with Crippen LogP contribution >= 0.6 is 11.3 Å². The fourth-order valence-electron chi connectivity index (χ4n) is 3.28. The molecule has 0 aliphatic carbocycles. The van der Waals surface area contributed by atoms with Gasteiger partial charge in [-0.3, -0.25) is 14.2 Å². The molecule has 0 spiro atoms. The van der Waals surface area contributed by atoms with Crippen LogP contribution in [0.3, 0.4) is 0 Å². The predicted octanol–water partition coefficient (Wildman–Crippen LogP) is 4.38. The topological polar surface area (TPSA) is 64.0 Å². The SMILES string of the molecule is Cc1cccc(NC(=O)Cn2cnc3sc(C)c(-c4ccccc4)c3c2=O)c1. The van der Waals surface area contributed by atoms with Gasteiger partial charge in [0.05, 0.1) is 11.7 Å². The zero-order valence-corrected chi connectivity index (χ0v) is 16.4. The van der Waals surface area contributed by atoms with E-state index in [2.05, 4.69) is 10.3 Å². The molecule has 0 aliphatic heterocycles. The Kier molecular flexibility index (Phi) is 4.79. The zero-order chi connectivity index (χ0) is 19.7. The van der Waals surface area contributed by atoms with Gasteiger partial charge in [0.2, 0.25) is 5.91 Å². The van der Waals surface area contributed by atoms with Gasteiger partial charge in [0.1, 0.15) is 11.4 Å². The summed E-state index contributed by atoms with van der Waals surface area (Å²) >= 11 is 1.49. The summed E-state index contributed by atoms with van der Waals surface area (Å²) in [6.45, 7) is 3.86. The summed E-state index contributed by atoms with van der Waals surface area (Å²) in [6.07, 6.45) is 1.45. The first-order valence-electron chi connectivity index (χ1n) is 8.93. The third-order valence-corrected chi connectivity index (χ3v) is 5.55. The Hall–Kier alpha value is -3.25. The van der Waals surface area contributed by atoms with E-state index in [1.165, 1.54) is 22.2 Å². The highest BCUT2D eigenvalue weighted by Gasteiger charge is 2.17. The van der Waals surface area contributed by atoms with Crippen molar-refractivity contribution in [1.82, 2.24) is 9.55 Å². The second-order valence-corrected chi connectivity index (χ2v) is 7.88. The molecule has 1 amide bonds. The van der Waals surface area contributed by atoms with Gasteiger partial charge in [-0.2, -0.15) is 0 Å². The fraction of sp³-hybridized carbons (Fsp3) is 0.136. The highest BCUT2D eigenvalue weighted by Crippen LogP contribution is 2.35. The van der Waals surface area contributed by atoms with E-state index in [0.717, 1.165) is 21.6 Å². The molecule has 0 atom stereocenters. The Bertz CT molecular complexity index is 1230. The maximum Gasteiger partial charge on any atom is 0.263 e. The average Bonchev–Trinajstić information content (AvgIpc) is 3.01.